The Morgan fingerprint density at radius 3 is 1.86 bits per heavy atom. The van der Waals surface area contributed by atoms with E-state index in [-0.39, 0.29) is 39.1 Å². The van der Waals surface area contributed by atoms with E-state index in [4.69, 9.17) is 16.3 Å². The number of nitrogens with zero attached hydrogens (tertiary/aromatic N) is 1. The van der Waals surface area contributed by atoms with Gasteiger partial charge in [0, 0.05) is 11.3 Å². The Balaban J connectivity index is 1.44. The van der Waals surface area contributed by atoms with Crippen LogP contribution in [0.2, 0.25) is 0 Å². The lowest BCUT2D eigenvalue weighted by Gasteiger charge is -2.15. The molecule has 9 nitrogen and oxygen atoms in total. The van der Waals surface area contributed by atoms with Gasteiger partial charge in [0.1, 0.15) is 16.5 Å². The molecule has 0 saturated heterocycles. The molecule has 0 fully saturated rings. The van der Waals surface area contributed by atoms with E-state index in [1.807, 2.05) is 0 Å². The summed E-state index contributed by atoms with van der Waals surface area (Å²) in [7, 11) is 1.25. The second-order valence-electron chi connectivity index (χ2n) is 7.85. The number of imide groups is 1. The molecular weight excluding hydrogens is 500 g/mol. The van der Waals surface area contributed by atoms with E-state index >= 15 is 0 Å². The van der Waals surface area contributed by atoms with Crippen molar-refractivity contribution >= 4 is 52.5 Å². The van der Waals surface area contributed by atoms with Crippen LogP contribution in [0.4, 0.5) is 11.4 Å². The van der Waals surface area contributed by atoms with Gasteiger partial charge in [-0.15, -0.1) is 0 Å². The zero-order chi connectivity index (χ0) is 26.7. The molecule has 0 radical (unpaired) electrons. The Hall–Kier alpha value is -4.76. The summed E-state index contributed by atoms with van der Waals surface area (Å²) in [6.45, 7) is 1.44. The van der Waals surface area contributed by atoms with Crippen LogP contribution in [0.5, 0.6) is 5.75 Å². The number of hydrogen-bond acceptors (Lipinski definition) is 8. The molecule has 10 heteroatoms. The Morgan fingerprint density at radius 1 is 0.757 bits per heavy atom. The fourth-order valence-corrected chi connectivity index (χ4v) is 3.68. The van der Waals surface area contributed by atoms with Gasteiger partial charge < -0.3 is 14.8 Å². The minimum atomic E-state index is -0.726. The predicted octanol–water partition coefficient (Wildman–Crippen LogP) is 4.33. The summed E-state index contributed by atoms with van der Waals surface area (Å²) in [6, 6.07) is 17.9. The van der Waals surface area contributed by atoms with Crippen LogP contribution in [-0.4, -0.2) is 36.6 Å². The van der Waals surface area contributed by atoms with Crippen LogP contribution in [-0.2, 0) is 14.3 Å². The molecule has 4 rings (SSSR count). The summed E-state index contributed by atoms with van der Waals surface area (Å²) in [5.74, 6) is -2.40. The zero-order valence-corrected chi connectivity index (χ0v) is 20.4. The largest absolute Gasteiger partial charge is 0.465 e. The number of Topliss-reactive ketones (excluding diaryl/α,β-unsaturated/α-hetero) is 1. The first-order valence-electron chi connectivity index (χ1n) is 10.9. The number of amides is 2. The van der Waals surface area contributed by atoms with E-state index in [1.165, 1.54) is 74.7 Å². The Labute approximate surface area is 216 Å². The molecule has 3 aromatic rings. The van der Waals surface area contributed by atoms with Gasteiger partial charge >= 0.3 is 11.9 Å². The Bertz CT molecular complexity index is 1440. The van der Waals surface area contributed by atoms with Crippen molar-refractivity contribution in [3.63, 3.8) is 0 Å². The van der Waals surface area contributed by atoms with E-state index in [2.05, 4.69) is 10.1 Å². The normalized spacial score (nSPS) is 13.0. The van der Waals surface area contributed by atoms with Gasteiger partial charge in [-0.25, -0.2) is 14.5 Å². The Morgan fingerprint density at radius 2 is 1.30 bits per heavy atom. The zero-order valence-electron chi connectivity index (χ0n) is 19.6. The number of anilines is 2. The number of ether oxygens (including phenoxy) is 2. The minimum absolute atomic E-state index is 0.0989. The van der Waals surface area contributed by atoms with Crippen molar-refractivity contribution in [1.29, 1.82) is 0 Å². The number of halogens is 1. The molecule has 1 aliphatic heterocycles. The molecule has 2 amide bonds. The van der Waals surface area contributed by atoms with Gasteiger partial charge in [0.05, 0.1) is 23.9 Å². The summed E-state index contributed by atoms with van der Waals surface area (Å²) in [5.41, 5.74) is 1.49. The van der Waals surface area contributed by atoms with Crippen LogP contribution in [0, 0.1) is 0 Å². The van der Waals surface area contributed by atoms with E-state index < -0.39 is 23.8 Å². The smallest absolute Gasteiger partial charge is 0.343 e. The van der Waals surface area contributed by atoms with Crippen molar-refractivity contribution in [3.05, 3.63) is 100 Å². The topological polar surface area (TPSA) is 119 Å². The molecule has 186 valence electrons. The first-order valence-corrected chi connectivity index (χ1v) is 11.2. The summed E-state index contributed by atoms with van der Waals surface area (Å²) >= 11 is 6.16. The Kier molecular flexibility index (Phi) is 7.17. The van der Waals surface area contributed by atoms with Crippen molar-refractivity contribution in [3.8, 4) is 5.75 Å². The summed E-state index contributed by atoms with van der Waals surface area (Å²) < 4.78 is 9.96. The van der Waals surface area contributed by atoms with E-state index in [1.54, 1.807) is 12.1 Å². The first kappa shape index (κ1) is 25.3. The third kappa shape index (κ3) is 5.26. The molecule has 0 aromatic heterocycles. The highest BCUT2D eigenvalue weighted by molar-refractivity contribution is 6.53. The van der Waals surface area contributed by atoms with E-state index in [0.29, 0.717) is 11.3 Å². The van der Waals surface area contributed by atoms with Crippen LogP contribution in [0.1, 0.15) is 38.0 Å². The highest BCUT2D eigenvalue weighted by Crippen LogP contribution is 2.30. The van der Waals surface area contributed by atoms with Gasteiger partial charge in [-0.2, -0.15) is 0 Å². The predicted molar refractivity (Wildman–Crippen MR) is 135 cm³/mol. The fraction of sp³-hybridized carbons (Fsp3) is 0.0741. The third-order valence-corrected chi connectivity index (χ3v) is 5.79. The number of benzene rings is 3. The number of rotatable bonds is 7. The van der Waals surface area contributed by atoms with Crippen molar-refractivity contribution in [2.75, 3.05) is 17.3 Å². The van der Waals surface area contributed by atoms with Crippen LogP contribution < -0.4 is 15.0 Å². The maximum absolute atomic E-state index is 13.0. The van der Waals surface area contributed by atoms with E-state index in [9.17, 15) is 24.0 Å². The third-order valence-electron chi connectivity index (χ3n) is 5.44. The lowest BCUT2D eigenvalue weighted by molar-refractivity contribution is -0.120. The summed E-state index contributed by atoms with van der Waals surface area (Å²) in [6.07, 6.45) is 0. The van der Waals surface area contributed by atoms with Crippen LogP contribution in [0.15, 0.2) is 83.5 Å². The molecule has 0 bridgehead atoms. The molecule has 0 spiro atoms. The molecule has 0 atom stereocenters. The maximum atomic E-state index is 13.0. The number of esters is 2. The molecule has 0 unspecified atom stereocenters. The van der Waals surface area contributed by atoms with Crippen molar-refractivity contribution in [1.82, 2.24) is 0 Å². The highest BCUT2D eigenvalue weighted by Gasteiger charge is 2.39. The second-order valence-corrected chi connectivity index (χ2v) is 8.22. The highest BCUT2D eigenvalue weighted by atomic mass is 35.5. The lowest BCUT2D eigenvalue weighted by atomic mass is 10.1. The van der Waals surface area contributed by atoms with Crippen LogP contribution >= 0.6 is 11.6 Å². The average Bonchev–Trinajstić information content (AvgIpc) is 3.11. The van der Waals surface area contributed by atoms with Crippen molar-refractivity contribution in [2.45, 2.75) is 6.92 Å². The number of carbonyl (C=O) groups excluding carboxylic acids is 5. The van der Waals surface area contributed by atoms with Gasteiger partial charge in [-0.05, 0) is 79.7 Å². The van der Waals surface area contributed by atoms with Gasteiger partial charge in [0.15, 0.2) is 5.78 Å². The van der Waals surface area contributed by atoms with Crippen LogP contribution in [0.25, 0.3) is 0 Å². The summed E-state index contributed by atoms with van der Waals surface area (Å²) in [5, 5.41) is 2.51. The molecule has 0 saturated carbocycles. The SMILES string of the molecule is COC(=O)c1ccc(N2C(=O)C(Cl)=C(Nc3ccc(C(=O)Oc4ccc(C(C)=O)cc4)cc3)C2=O)cc1. The van der Waals surface area contributed by atoms with Gasteiger partial charge in [0.25, 0.3) is 11.8 Å². The first-order chi connectivity index (χ1) is 17.7. The molecule has 1 N–H and O–H groups in total. The summed E-state index contributed by atoms with van der Waals surface area (Å²) in [4.78, 5) is 62.0. The van der Waals surface area contributed by atoms with Gasteiger partial charge in [-0.1, -0.05) is 11.6 Å². The maximum Gasteiger partial charge on any atom is 0.343 e. The quantitative estimate of drug-likeness (QED) is 0.212. The average molecular weight is 519 g/mol. The fourth-order valence-electron chi connectivity index (χ4n) is 3.47. The number of methoxy groups -OCH3 is 1. The number of nitrogens with one attached hydrogen (secondary N) is 1. The van der Waals surface area contributed by atoms with Crippen molar-refractivity contribution < 1.29 is 33.4 Å². The second kappa shape index (κ2) is 10.5. The molecule has 37 heavy (non-hydrogen) atoms. The van der Waals surface area contributed by atoms with E-state index in [0.717, 1.165) is 4.90 Å². The molecule has 1 heterocycles. The lowest BCUT2D eigenvalue weighted by Crippen LogP contribution is -2.32. The molecule has 3 aromatic carbocycles. The van der Waals surface area contributed by atoms with Gasteiger partial charge in [-0.3, -0.25) is 14.4 Å². The molecule has 1 aliphatic rings. The monoisotopic (exact) mass is 518 g/mol. The number of ketones is 1. The number of hydrogen-bond donors (Lipinski definition) is 1. The molecular formula is C27H19ClN2O7. The number of carbonyl (C=O) groups is 5. The van der Waals surface area contributed by atoms with Gasteiger partial charge in [0.2, 0.25) is 0 Å². The van der Waals surface area contributed by atoms with Crippen LogP contribution in [0.3, 0.4) is 0 Å². The minimum Gasteiger partial charge on any atom is -0.465 e. The van der Waals surface area contributed by atoms with Crippen molar-refractivity contribution in [2.24, 2.45) is 0 Å². The molecule has 0 aliphatic carbocycles. The standard InChI is InChI=1S/C27H19ClN2O7/c1-15(31)16-7-13-21(14-8-16)37-27(35)18-3-9-19(10-4-18)29-23-22(28)24(32)30(25(23)33)20-11-5-17(6-12-20)26(34)36-2/h3-14,29H,1-2H3.